The number of halogens is 1. The average molecular weight is 1770 g/mol. The average Bonchev–Trinajstić information content (AvgIpc) is 1.58. The standard InChI is InChI=1S/C87H112FN17O22/c1-9-53-54-41-66(58(88)43-62(54)99-75-55(53)46-105-65(75)42-57-56(83(105)120)47-126-84(121)87(57,122)10-2)125-39-38-124-52-25-23-51(24-26-52)96-76(113)49(5)95-82(119)74(48(3)4)103-79(116)61(97-69(108)22-17-35-104-71(110)29-30-72(104)111)27-28-67(106)92-34-37-123-36-31-68(107)91-32-15-14-20-60-78(115)100-59(21-16-33-93-85(89)90)77(114)94-45-70(109)98-64(44-73(112)127-86(6,7)8)81(118)102-63(80(117)101-60)40-50-18-12-11-13-19-50/h11-13,18-19,23-26,29-30,41-43,48-49,59-61,63-64,74,122H,9-10,14-17,20-22,27-28,31-40,44-47H2,1-8H3,(H,91,107)(H,92,106)(H,94,114)(H,95,119)(H,96,113)(H,97,108)(H,98,109)(H,100,115)(H,101,117)(H,102,118)(H,103,116)(H4,89,90,93)/t49-,59-,60-,61+,63+,64-,74-,87-/m0/s1. The van der Waals surface area contributed by atoms with Crippen LogP contribution in [-0.4, -0.2) is 221 Å². The highest BCUT2D eigenvalue weighted by Crippen LogP contribution is 2.41. The zero-order valence-electron chi connectivity index (χ0n) is 72.2. The summed E-state index contributed by atoms with van der Waals surface area (Å²) in [5.41, 5.74) is 5.99. The van der Waals surface area contributed by atoms with Gasteiger partial charge in [0.1, 0.15) is 73.5 Å². The van der Waals surface area contributed by atoms with E-state index in [1.165, 1.54) is 17.6 Å². The molecule has 127 heavy (non-hydrogen) atoms. The van der Waals surface area contributed by atoms with Gasteiger partial charge < -0.3 is 103 Å². The minimum atomic E-state index is -2.01. The number of hydrogen-bond donors (Lipinski definition) is 15. The number of aryl methyl sites for hydroxylation is 1. The van der Waals surface area contributed by atoms with Gasteiger partial charge in [-0.3, -0.25) is 82.2 Å². The molecule has 2 aromatic heterocycles. The van der Waals surface area contributed by atoms with Crippen molar-refractivity contribution in [1.29, 1.82) is 5.41 Å². The first kappa shape index (κ1) is 97.5. The molecule has 0 radical (unpaired) electrons. The molecule has 6 heterocycles. The minimum Gasteiger partial charge on any atom is -0.490 e. The fraction of sp³-hybridized carbons (Fsp3) is 0.494. The molecule has 39 nitrogen and oxygen atoms in total. The molecule has 9 rings (SSSR count). The van der Waals surface area contributed by atoms with Crippen LogP contribution in [0, 0.1) is 17.1 Å². The Morgan fingerprint density at radius 2 is 1.35 bits per heavy atom. The molecule has 40 heteroatoms. The van der Waals surface area contributed by atoms with Crippen molar-refractivity contribution in [2.24, 2.45) is 11.7 Å². The molecule has 4 aliphatic rings. The number of nitrogens with two attached hydrogens (primary N) is 1. The number of nitrogens with zero attached hydrogens (tertiary/aromatic N) is 3. The zero-order valence-corrected chi connectivity index (χ0v) is 72.2. The summed E-state index contributed by atoms with van der Waals surface area (Å²) < 4.78 is 45.3. The maximum Gasteiger partial charge on any atom is 0.343 e. The van der Waals surface area contributed by atoms with Crippen LogP contribution in [0.5, 0.6) is 11.5 Å². The molecule has 0 aliphatic carbocycles. The van der Waals surface area contributed by atoms with Crippen molar-refractivity contribution in [1.82, 2.24) is 72.9 Å². The van der Waals surface area contributed by atoms with E-state index in [0.717, 1.165) is 28.2 Å². The van der Waals surface area contributed by atoms with Gasteiger partial charge in [0.2, 0.25) is 65.0 Å². The van der Waals surface area contributed by atoms with Crippen LogP contribution in [-0.2, 0) is 118 Å². The van der Waals surface area contributed by atoms with Crippen molar-refractivity contribution < 1.29 is 105 Å². The number of carbonyl (C=O) groups is 15. The van der Waals surface area contributed by atoms with E-state index in [1.54, 1.807) is 108 Å². The van der Waals surface area contributed by atoms with Crippen LogP contribution < -0.4 is 84.6 Å². The summed E-state index contributed by atoms with van der Waals surface area (Å²) in [4.78, 5) is 221. The highest BCUT2D eigenvalue weighted by molar-refractivity contribution is 6.13. The van der Waals surface area contributed by atoms with Gasteiger partial charge in [-0.1, -0.05) is 58.0 Å². The van der Waals surface area contributed by atoms with Crippen LogP contribution in [0.25, 0.3) is 22.3 Å². The smallest absolute Gasteiger partial charge is 0.343 e. The van der Waals surface area contributed by atoms with Gasteiger partial charge in [0.25, 0.3) is 17.4 Å². The van der Waals surface area contributed by atoms with E-state index < -0.39 is 172 Å². The van der Waals surface area contributed by atoms with Gasteiger partial charge in [-0.05, 0) is 139 Å². The third-order valence-electron chi connectivity index (χ3n) is 21.3. The highest BCUT2D eigenvalue weighted by atomic mass is 19.1. The molecule has 0 spiro atoms. The normalized spacial score (nSPS) is 18.3. The van der Waals surface area contributed by atoms with E-state index in [0.29, 0.717) is 45.7 Å². The summed E-state index contributed by atoms with van der Waals surface area (Å²) in [6.45, 7) is 12.1. The largest absolute Gasteiger partial charge is 0.490 e. The lowest BCUT2D eigenvalue weighted by Crippen LogP contribution is -2.58. The maximum atomic E-state index is 15.8. The van der Waals surface area contributed by atoms with Gasteiger partial charge >= 0.3 is 11.9 Å². The number of pyridine rings is 2. The SMILES string of the molecule is CCc1c2c(nc3cc(F)c(OCCOc4ccc(NC(=O)[C@H](C)NC(=O)[C@@H](NC(=O)[C@@H](CCC(=O)NCCOCCC(=O)NCCCC[C@@H]5NC(=O)[C@@H](Cc6ccccc6)NC(=O)[C@H](CC(=O)OC(C)(C)C)NC(=O)CNC(=O)[C@H](CCCNC(=N)N)NC5=O)NC(=O)CCCN5C(=O)C=CC5=O)C(C)C)cc4)cc13)-c1cc3c(c(=O)n1C2)COC(=O)[C@]3(O)CC. The molecule has 1 saturated heterocycles. The summed E-state index contributed by atoms with van der Waals surface area (Å²) in [6, 6.07) is 9.78. The van der Waals surface area contributed by atoms with Crippen molar-refractivity contribution in [2.45, 2.75) is 212 Å². The Bertz CT molecular complexity index is 5020. The molecule has 3 aromatic carbocycles. The molecular weight excluding hydrogens is 1650 g/mol. The van der Waals surface area contributed by atoms with Gasteiger partial charge in [0, 0.05) is 92.3 Å². The third-order valence-corrected chi connectivity index (χ3v) is 21.3. The van der Waals surface area contributed by atoms with Crippen LogP contribution in [0.1, 0.15) is 160 Å². The van der Waals surface area contributed by atoms with E-state index in [9.17, 15) is 81.8 Å². The molecule has 684 valence electrons. The lowest BCUT2D eigenvalue weighted by Gasteiger charge is -2.31. The molecule has 16 N–H and O–H groups in total. The lowest BCUT2D eigenvalue weighted by molar-refractivity contribution is -0.172. The van der Waals surface area contributed by atoms with E-state index in [-0.39, 0.29) is 166 Å². The summed E-state index contributed by atoms with van der Waals surface area (Å²) in [7, 11) is 0. The minimum absolute atomic E-state index is 0.0209. The monoisotopic (exact) mass is 1770 g/mol. The molecule has 8 atom stereocenters. The van der Waals surface area contributed by atoms with Crippen molar-refractivity contribution in [3.8, 4) is 22.9 Å². The molecule has 0 bridgehead atoms. The number of guanidine groups is 1. The Kier molecular flexibility index (Phi) is 35.0. The summed E-state index contributed by atoms with van der Waals surface area (Å²) >= 11 is 0. The Labute approximate surface area is 731 Å². The van der Waals surface area contributed by atoms with Gasteiger partial charge in [0.15, 0.2) is 23.1 Å². The van der Waals surface area contributed by atoms with Crippen molar-refractivity contribution >= 4 is 111 Å². The highest BCUT2D eigenvalue weighted by Gasteiger charge is 2.46. The Morgan fingerprint density at radius 1 is 0.693 bits per heavy atom. The van der Waals surface area contributed by atoms with Gasteiger partial charge in [0.05, 0.1) is 55.2 Å². The second-order valence-corrected chi connectivity index (χ2v) is 32.3. The number of carbonyl (C=O) groups excluding carboxylic acids is 15. The number of aliphatic hydroxyl groups is 1. The number of nitrogens with one attached hydrogen (secondary N) is 13. The molecule has 0 unspecified atom stereocenters. The predicted molar refractivity (Wildman–Crippen MR) is 456 cm³/mol. The van der Waals surface area contributed by atoms with E-state index in [1.807, 2.05) is 6.92 Å². The Balaban J connectivity index is 0.722. The molecule has 13 amide bonds. The first-order chi connectivity index (χ1) is 60.4. The number of anilines is 1. The zero-order chi connectivity index (χ0) is 92.4. The van der Waals surface area contributed by atoms with Crippen LogP contribution in [0.2, 0.25) is 0 Å². The number of rotatable bonds is 41. The topological polar surface area (TPSA) is 555 Å². The van der Waals surface area contributed by atoms with Crippen LogP contribution in [0.15, 0.2) is 89.7 Å². The van der Waals surface area contributed by atoms with Crippen molar-refractivity contribution in [2.75, 3.05) is 64.5 Å². The lowest BCUT2D eigenvalue weighted by atomic mass is 9.86. The summed E-state index contributed by atoms with van der Waals surface area (Å²) in [6.07, 6.45) is 1.59. The first-order valence-corrected chi connectivity index (χ1v) is 42.3. The number of hydrogen-bond acceptors (Lipinski definition) is 24. The van der Waals surface area contributed by atoms with Gasteiger partial charge in [-0.25, -0.2) is 14.2 Å². The number of fused-ring (bicyclic) bond motifs is 5. The fourth-order valence-electron chi connectivity index (χ4n) is 14.5. The number of ether oxygens (including phenoxy) is 5. The molecule has 5 aromatic rings. The van der Waals surface area contributed by atoms with Crippen molar-refractivity contribution in [3.05, 3.63) is 129 Å². The number of benzene rings is 3. The predicted octanol–water partition coefficient (Wildman–Crippen LogP) is 0.909. The van der Waals surface area contributed by atoms with Crippen LogP contribution >= 0.6 is 0 Å². The second-order valence-electron chi connectivity index (χ2n) is 32.3. The van der Waals surface area contributed by atoms with Gasteiger partial charge in [-0.15, -0.1) is 0 Å². The van der Waals surface area contributed by atoms with Crippen molar-refractivity contribution in [3.63, 3.8) is 0 Å². The van der Waals surface area contributed by atoms with E-state index >= 15 is 4.39 Å². The number of aromatic nitrogens is 2. The number of cyclic esters (lactones) is 1. The Hall–Kier alpha value is -13.3. The molecular formula is C87H112FN17O22. The first-order valence-electron chi connectivity index (χ1n) is 42.3. The molecule has 1 fully saturated rings. The van der Waals surface area contributed by atoms with Crippen LogP contribution in [0.4, 0.5) is 10.1 Å². The number of imide groups is 1. The third kappa shape index (κ3) is 27.6. The molecule has 0 saturated carbocycles. The summed E-state index contributed by atoms with van der Waals surface area (Å²) in [5, 5.41) is 51.0. The number of unbranched alkanes of at least 4 members (excludes halogenated alkanes) is 1. The number of esters is 2. The van der Waals surface area contributed by atoms with E-state index in [4.69, 9.17) is 39.8 Å². The fourth-order valence-corrected chi connectivity index (χ4v) is 14.5. The van der Waals surface area contributed by atoms with Crippen LogP contribution in [0.3, 0.4) is 0 Å². The second kappa shape index (κ2) is 45.6. The van der Waals surface area contributed by atoms with E-state index in [2.05, 4.69) is 63.8 Å². The summed E-state index contributed by atoms with van der Waals surface area (Å²) in [5.74, 6) is -12.3. The molecule has 4 aliphatic heterocycles. The quantitative estimate of drug-likeness (QED) is 0.00834. The Morgan fingerprint density at radius 3 is 2.03 bits per heavy atom. The van der Waals surface area contributed by atoms with Gasteiger partial charge in [-0.2, -0.15) is 0 Å². The maximum absolute atomic E-state index is 15.8. The number of amides is 13.